The van der Waals surface area contributed by atoms with Crippen LogP contribution in [0.15, 0.2) is 6.07 Å². The van der Waals surface area contributed by atoms with Gasteiger partial charge >= 0.3 is 0 Å². The third kappa shape index (κ3) is 2.70. The number of hydrogen-bond donors (Lipinski definition) is 2. The molecule has 7 heteroatoms. The predicted octanol–water partition coefficient (Wildman–Crippen LogP) is -0.396. The fraction of sp³-hybridized carbons (Fsp3) is 0.500. The molecular weight excluding hydrogens is 246 g/mol. The van der Waals surface area contributed by atoms with Crippen molar-refractivity contribution in [2.75, 3.05) is 12.3 Å². The summed E-state index contributed by atoms with van der Waals surface area (Å²) < 4.78 is 0. The Morgan fingerprint density at radius 1 is 1.42 bits per heavy atom. The van der Waals surface area contributed by atoms with E-state index in [1.807, 2.05) is 6.92 Å². The first-order valence-electron chi connectivity index (χ1n) is 5.98. The molecule has 1 aromatic heterocycles. The number of carbonyl (C=O) groups excluding carboxylic acids is 2. The molecule has 7 nitrogen and oxygen atoms in total. The molecule has 2 amide bonds. The topological polar surface area (TPSA) is 101 Å². The number of imide groups is 1. The Labute approximate surface area is 111 Å². The molecule has 0 bridgehead atoms. The molecule has 1 aliphatic heterocycles. The lowest BCUT2D eigenvalue weighted by molar-refractivity contribution is -0.145. The van der Waals surface area contributed by atoms with Gasteiger partial charge in [0.2, 0.25) is 11.8 Å². The lowest BCUT2D eigenvalue weighted by Crippen LogP contribution is -2.63. The van der Waals surface area contributed by atoms with Crippen molar-refractivity contribution < 1.29 is 9.59 Å². The third-order valence-electron chi connectivity index (χ3n) is 3.19. The van der Waals surface area contributed by atoms with Crippen LogP contribution in [0, 0.1) is 6.92 Å². The van der Waals surface area contributed by atoms with Crippen molar-refractivity contribution >= 4 is 17.6 Å². The van der Waals surface area contributed by atoms with E-state index in [0.717, 1.165) is 5.69 Å². The molecule has 1 fully saturated rings. The minimum Gasteiger partial charge on any atom is -0.384 e. The molecule has 0 saturated carbocycles. The van der Waals surface area contributed by atoms with E-state index in [1.54, 1.807) is 24.8 Å². The zero-order chi connectivity index (χ0) is 14.2. The summed E-state index contributed by atoms with van der Waals surface area (Å²) in [4.78, 5) is 33.4. The van der Waals surface area contributed by atoms with Crippen LogP contribution in [-0.2, 0) is 16.1 Å². The highest BCUT2D eigenvalue weighted by molar-refractivity contribution is 6.02. The summed E-state index contributed by atoms with van der Waals surface area (Å²) >= 11 is 0. The molecule has 1 saturated heterocycles. The maximum Gasteiger partial charge on any atom is 0.246 e. The Balaban J connectivity index is 2.25. The molecule has 1 aliphatic rings. The van der Waals surface area contributed by atoms with Crippen molar-refractivity contribution in [3.05, 3.63) is 17.6 Å². The summed E-state index contributed by atoms with van der Waals surface area (Å²) in [5.74, 6) is 0.260. The van der Waals surface area contributed by atoms with Crippen molar-refractivity contribution in [1.82, 2.24) is 20.2 Å². The number of nitrogens with two attached hydrogens (primary N) is 1. The first-order valence-corrected chi connectivity index (χ1v) is 5.98. The second-order valence-electron chi connectivity index (χ2n) is 5.14. The minimum atomic E-state index is -0.782. The summed E-state index contributed by atoms with van der Waals surface area (Å²) in [6, 6.07) is 1.67. The standard InChI is InChI=1S/C12H17N5O2/c1-7-4-8(13)15-9(14-7)5-17-6-10(18)16-11(19)12(17,2)3/h4H,5-6H2,1-3H3,(H2,13,14,15)(H,16,18,19). The summed E-state index contributed by atoms with van der Waals surface area (Å²) in [5, 5.41) is 2.32. The van der Waals surface area contributed by atoms with Gasteiger partial charge in [-0.05, 0) is 20.8 Å². The normalized spacial score (nSPS) is 19.3. The largest absolute Gasteiger partial charge is 0.384 e. The molecule has 0 aliphatic carbocycles. The molecule has 19 heavy (non-hydrogen) atoms. The summed E-state index contributed by atoms with van der Waals surface area (Å²) in [6.45, 7) is 5.77. The van der Waals surface area contributed by atoms with Gasteiger partial charge in [-0.2, -0.15) is 0 Å². The van der Waals surface area contributed by atoms with Crippen LogP contribution in [0.1, 0.15) is 25.4 Å². The molecule has 1 aromatic rings. The quantitative estimate of drug-likeness (QED) is 0.704. The number of carbonyl (C=O) groups is 2. The number of anilines is 1. The van der Waals surface area contributed by atoms with Crippen molar-refractivity contribution in [3.63, 3.8) is 0 Å². The molecule has 0 unspecified atom stereocenters. The van der Waals surface area contributed by atoms with Gasteiger partial charge in [0.15, 0.2) is 0 Å². The van der Waals surface area contributed by atoms with Crippen LogP contribution in [0.5, 0.6) is 0 Å². The third-order valence-corrected chi connectivity index (χ3v) is 3.19. The average molecular weight is 263 g/mol. The average Bonchev–Trinajstić information content (AvgIpc) is 2.24. The number of nitrogen functional groups attached to an aromatic ring is 1. The number of aromatic nitrogens is 2. The molecule has 2 heterocycles. The fourth-order valence-electron chi connectivity index (χ4n) is 1.98. The molecule has 0 atom stereocenters. The van der Waals surface area contributed by atoms with Crippen LogP contribution in [0.2, 0.25) is 0 Å². The van der Waals surface area contributed by atoms with Crippen LogP contribution in [0.25, 0.3) is 0 Å². The molecule has 0 spiro atoms. The van der Waals surface area contributed by atoms with Crippen molar-refractivity contribution in [1.29, 1.82) is 0 Å². The van der Waals surface area contributed by atoms with Crippen molar-refractivity contribution in [3.8, 4) is 0 Å². The van der Waals surface area contributed by atoms with Gasteiger partial charge in [0, 0.05) is 11.8 Å². The van der Waals surface area contributed by atoms with E-state index in [0.29, 0.717) is 18.2 Å². The Bertz CT molecular complexity index is 521. The van der Waals surface area contributed by atoms with Gasteiger partial charge in [-0.15, -0.1) is 0 Å². The number of rotatable bonds is 2. The number of piperazine rings is 1. The molecule has 2 rings (SSSR count). The number of hydrogen-bond acceptors (Lipinski definition) is 6. The van der Waals surface area contributed by atoms with Gasteiger partial charge < -0.3 is 5.73 Å². The van der Waals surface area contributed by atoms with E-state index in [4.69, 9.17) is 5.73 Å². The maximum absolute atomic E-state index is 11.8. The van der Waals surface area contributed by atoms with Gasteiger partial charge in [0.05, 0.1) is 18.6 Å². The fourth-order valence-corrected chi connectivity index (χ4v) is 1.98. The van der Waals surface area contributed by atoms with E-state index >= 15 is 0 Å². The van der Waals surface area contributed by atoms with E-state index in [1.165, 1.54) is 0 Å². The Morgan fingerprint density at radius 3 is 2.74 bits per heavy atom. The predicted molar refractivity (Wildman–Crippen MR) is 68.8 cm³/mol. The molecule has 0 radical (unpaired) electrons. The highest BCUT2D eigenvalue weighted by Gasteiger charge is 2.41. The Kier molecular flexibility index (Phi) is 3.23. The molecule has 0 aromatic carbocycles. The van der Waals surface area contributed by atoms with E-state index in [-0.39, 0.29) is 18.4 Å². The zero-order valence-electron chi connectivity index (χ0n) is 11.2. The monoisotopic (exact) mass is 263 g/mol. The Hall–Kier alpha value is -2.02. The highest BCUT2D eigenvalue weighted by atomic mass is 16.2. The second-order valence-corrected chi connectivity index (χ2v) is 5.14. The van der Waals surface area contributed by atoms with Crippen molar-refractivity contribution in [2.45, 2.75) is 32.9 Å². The first kappa shape index (κ1) is 13.4. The first-order chi connectivity index (χ1) is 8.79. The minimum absolute atomic E-state index is 0.135. The second kappa shape index (κ2) is 4.58. The summed E-state index contributed by atoms with van der Waals surface area (Å²) in [6.07, 6.45) is 0. The van der Waals surface area contributed by atoms with Gasteiger partial charge in [-0.3, -0.25) is 19.8 Å². The van der Waals surface area contributed by atoms with E-state index < -0.39 is 5.54 Å². The van der Waals surface area contributed by atoms with Crippen LogP contribution in [-0.4, -0.2) is 38.8 Å². The number of nitrogens with one attached hydrogen (secondary N) is 1. The SMILES string of the molecule is Cc1cc(N)nc(CN2CC(=O)NC(=O)C2(C)C)n1. The lowest BCUT2D eigenvalue weighted by Gasteiger charge is -2.39. The summed E-state index contributed by atoms with van der Waals surface area (Å²) in [5.41, 5.74) is 5.65. The van der Waals surface area contributed by atoms with Gasteiger partial charge in [0.25, 0.3) is 0 Å². The van der Waals surface area contributed by atoms with Crippen LogP contribution < -0.4 is 11.1 Å². The highest BCUT2D eigenvalue weighted by Crippen LogP contribution is 2.20. The van der Waals surface area contributed by atoms with Gasteiger partial charge in [-0.25, -0.2) is 9.97 Å². The van der Waals surface area contributed by atoms with Crippen LogP contribution in [0.4, 0.5) is 5.82 Å². The number of nitrogens with zero attached hydrogens (tertiary/aromatic N) is 3. The smallest absolute Gasteiger partial charge is 0.246 e. The van der Waals surface area contributed by atoms with Gasteiger partial charge in [0.1, 0.15) is 11.6 Å². The lowest BCUT2D eigenvalue weighted by atomic mass is 9.99. The van der Waals surface area contributed by atoms with E-state index in [9.17, 15) is 9.59 Å². The maximum atomic E-state index is 11.8. The summed E-state index contributed by atoms with van der Waals surface area (Å²) in [7, 11) is 0. The molecule has 102 valence electrons. The Morgan fingerprint density at radius 2 is 2.11 bits per heavy atom. The van der Waals surface area contributed by atoms with E-state index in [2.05, 4.69) is 15.3 Å². The number of amides is 2. The molecular formula is C12H17N5O2. The van der Waals surface area contributed by atoms with Gasteiger partial charge in [-0.1, -0.05) is 0 Å². The van der Waals surface area contributed by atoms with Crippen molar-refractivity contribution in [2.24, 2.45) is 0 Å². The molecule has 3 N–H and O–H groups in total. The number of aryl methyl sites for hydroxylation is 1. The van der Waals surface area contributed by atoms with Crippen LogP contribution >= 0.6 is 0 Å². The zero-order valence-corrected chi connectivity index (χ0v) is 11.2. The van der Waals surface area contributed by atoms with Crippen LogP contribution in [0.3, 0.4) is 0 Å².